The second-order valence-electron chi connectivity index (χ2n) is 7.77. The number of unbranched alkanes of at least 4 members (excludes halogenated alkanes) is 1. The van der Waals surface area contributed by atoms with E-state index in [0.717, 1.165) is 17.7 Å². The first kappa shape index (κ1) is 23.6. The Balaban J connectivity index is 1.44. The lowest BCUT2D eigenvalue weighted by Crippen LogP contribution is -2.32. The van der Waals surface area contributed by atoms with Crippen molar-refractivity contribution in [3.63, 3.8) is 0 Å². The summed E-state index contributed by atoms with van der Waals surface area (Å²) in [7, 11) is 0. The first-order chi connectivity index (χ1) is 16.5. The standard InChI is InChI=1S/C26H24ClN5OS/c1-2-3-7-19-10-13-20(14-11-19)32-30-23-16-21(27)22(17-24(23)31-32)28-26(34)29-25(33)15-12-18-8-5-4-6-9-18/h4-6,8-17H,2-3,7H2,1H3,(H2,28,29,33,34). The number of thiocarbonyl (C=S) groups is 1. The van der Waals surface area contributed by atoms with Crippen LogP contribution >= 0.6 is 23.8 Å². The number of amides is 1. The molecular weight excluding hydrogens is 466 g/mol. The van der Waals surface area contributed by atoms with Crippen LogP contribution in [0.2, 0.25) is 5.02 Å². The van der Waals surface area contributed by atoms with Gasteiger partial charge in [-0.1, -0.05) is 67.4 Å². The van der Waals surface area contributed by atoms with Crippen molar-refractivity contribution in [2.24, 2.45) is 0 Å². The highest BCUT2D eigenvalue weighted by Crippen LogP contribution is 2.27. The summed E-state index contributed by atoms with van der Waals surface area (Å²) < 4.78 is 0. The Morgan fingerprint density at radius 1 is 1.06 bits per heavy atom. The van der Waals surface area contributed by atoms with Crippen molar-refractivity contribution in [2.75, 3.05) is 5.32 Å². The van der Waals surface area contributed by atoms with E-state index in [1.165, 1.54) is 24.5 Å². The van der Waals surface area contributed by atoms with E-state index >= 15 is 0 Å². The van der Waals surface area contributed by atoms with Gasteiger partial charge >= 0.3 is 0 Å². The summed E-state index contributed by atoms with van der Waals surface area (Å²) in [5.41, 5.74) is 4.93. The van der Waals surface area contributed by atoms with E-state index in [1.807, 2.05) is 42.5 Å². The fourth-order valence-electron chi connectivity index (χ4n) is 3.37. The molecule has 0 aliphatic rings. The predicted octanol–water partition coefficient (Wildman–Crippen LogP) is 5.94. The van der Waals surface area contributed by atoms with Crippen LogP contribution in [0.25, 0.3) is 22.8 Å². The van der Waals surface area contributed by atoms with Gasteiger partial charge in [0.05, 0.1) is 16.4 Å². The molecule has 6 nitrogen and oxygen atoms in total. The Morgan fingerprint density at radius 2 is 1.76 bits per heavy atom. The van der Waals surface area contributed by atoms with Crippen molar-refractivity contribution in [1.29, 1.82) is 0 Å². The maximum atomic E-state index is 12.2. The largest absolute Gasteiger partial charge is 0.331 e. The van der Waals surface area contributed by atoms with Crippen molar-refractivity contribution in [3.8, 4) is 5.69 Å². The number of rotatable bonds is 7. The maximum Gasteiger partial charge on any atom is 0.250 e. The minimum absolute atomic E-state index is 0.138. The number of aryl methyl sites for hydroxylation is 1. The molecule has 0 aliphatic carbocycles. The lowest BCUT2D eigenvalue weighted by atomic mass is 10.1. The van der Waals surface area contributed by atoms with Crippen LogP contribution in [0.5, 0.6) is 0 Å². The third-order valence-corrected chi connectivity index (χ3v) is 5.68. The maximum absolute atomic E-state index is 12.2. The molecule has 0 aliphatic heterocycles. The van der Waals surface area contributed by atoms with Crippen LogP contribution in [-0.4, -0.2) is 26.0 Å². The van der Waals surface area contributed by atoms with Gasteiger partial charge in [0.1, 0.15) is 11.0 Å². The van der Waals surface area contributed by atoms with E-state index in [-0.39, 0.29) is 11.0 Å². The molecule has 172 valence electrons. The molecular formula is C26H24ClN5OS. The van der Waals surface area contributed by atoms with Gasteiger partial charge in [0, 0.05) is 6.08 Å². The van der Waals surface area contributed by atoms with Gasteiger partial charge in [0.2, 0.25) is 5.91 Å². The third kappa shape index (κ3) is 6.07. The molecule has 0 fully saturated rings. The molecule has 3 aromatic carbocycles. The summed E-state index contributed by atoms with van der Waals surface area (Å²) >= 11 is 11.7. The van der Waals surface area contributed by atoms with Crippen LogP contribution in [0.1, 0.15) is 30.9 Å². The zero-order chi connectivity index (χ0) is 23.9. The number of fused-ring (bicyclic) bond motifs is 1. The lowest BCUT2D eigenvalue weighted by molar-refractivity contribution is -0.115. The molecule has 0 saturated carbocycles. The Bertz CT molecular complexity index is 1330. The molecule has 1 heterocycles. The number of aromatic nitrogens is 3. The first-order valence-electron chi connectivity index (χ1n) is 11.0. The Morgan fingerprint density at radius 3 is 2.47 bits per heavy atom. The van der Waals surface area contributed by atoms with E-state index in [9.17, 15) is 4.79 Å². The number of halogens is 1. The summed E-state index contributed by atoms with van der Waals surface area (Å²) in [5, 5.41) is 15.3. The summed E-state index contributed by atoms with van der Waals surface area (Å²) in [6, 6.07) is 21.2. The van der Waals surface area contributed by atoms with Crippen LogP contribution < -0.4 is 10.6 Å². The number of benzene rings is 3. The Kier molecular flexibility index (Phi) is 7.67. The fraction of sp³-hybridized carbons (Fsp3) is 0.154. The monoisotopic (exact) mass is 489 g/mol. The number of anilines is 1. The minimum atomic E-state index is -0.341. The molecule has 0 saturated heterocycles. The molecule has 1 aromatic heterocycles. The van der Waals surface area contributed by atoms with E-state index < -0.39 is 0 Å². The average molecular weight is 490 g/mol. The molecule has 4 rings (SSSR count). The highest BCUT2D eigenvalue weighted by Gasteiger charge is 2.11. The van der Waals surface area contributed by atoms with Crippen LogP contribution in [0.15, 0.2) is 72.8 Å². The van der Waals surface area contributed by atoms with Gasteiger partial charge in [0.15, 0.2) is 5.11 Å². The van der Waals surface area contributed by atoms with Crippen LogP contribution in [0, 0.1) is 0 Å². The normalized spacial score (nSPS) is 11.1. The van der Waals surface area contributed by atoms with Crippen molar-refractivity contribution in [2.45, 2.75) is 26.2 Å². The SMILES string of the molecule is CCCCc1ccc(-n2nc3cc(Cl)c(NC(=S)NC(=O)C=Cc4ccccc4)cc3n2)cc1. The van der Waals surface area contributed by atoms with Gasteiger partial charge in [-0.05, 0) is 66.5 Å². The second-order valence-corrected chi connectivity index (χ2v) is 8.58. The van der Waals surface area contributed by atoms with Gasteiger partial charge in [0.25, 0.3) is 0 Å². The number of carbonyl (C=O) groups is 1. The number of hydrogen-bond donors (Lipinski definition) is 2. The van der Waals surface area contributed by atoms with Gasteiger partial charge in [-0.3, -0.25) is 10.1 Å². The summed E-state index contributed by atoms with van der Waals surface area (Å²) in [6.45, 7) is 2.19. The number of carbonyl (C=O) groups excluding carboxylic acids is 1. The topological polar surface area (TPSA) is 71.8 Å². The molecule has 1 amide bonds. The van der Waals surface area contributed by atoms with E-state index in [0.29, 0.717) is 21.7 Å². The molecule has 4 aromatic rings. The predicted molar refractivity (Wildman–Crippen MR) is 142 cm³/mol. The van der Waals surface area contributed by atoms with Crippen molar-refractivity contribution >= 4 is 57.6 Å². The molecule has 0 atom stereocenters. The van der Waals surface area contributed by atoms with Crippen LogP contribution in [0.4, 0.5) is 5.69 Å². The first-order valence-corrected chi connectivity index (χ1v) is 11.8. The Hall–Kier alpha value is -3.55. The second kappa shape index (κ2) is 11.0. The lowest BCUT2D eigenvalue weighted by Gasteiger charge is -2.09. The van der Waals surface area contributed by atoms with E-state index in [2.05, 4.69) is 39.9 Å². The van der Waals surface area contributed by atoms with Crippen molar-refractivity contribution in [1.82, 2.24) is 20.3 Å². The van der Waals surface area contributed by atoms with E-state index in [4.69, 9.17) is 23.8 Å². The number of nitrogens with one attached hydrogen (secondary N) is 2. The molecule has 2 N–H and O–H groups in total. The van der Waals surface area contributed by atoms with Gasteiger partial charge in [-0.15, -0.1) is 10.2 Å². The zero-order valence-corrected chi connectivity index (χ0v) is 20.2. The summed E-state index contributed by atoms with van der Waals surface area (Å²) in [5.74, 6) is -0.341. The third-order valence-electron chi connectivity index (χ3n) is 5.17. The molecule has 34 heavy (non-hydrogen) atoms. The Labute approximate surface area is 208 Å². The highest BCUT2D eigenvalue weighted by atomic mass is 35.5. The van der Waals surface area contributed by atoms with E-state index in [1.54, 1.807) is 23.0 Å². The van der Waals surface area contributed by atoms with Crippen LogP contribution in [-0.2, 0) is 11.2 Å². The van der Waals surface area contributed by atoms with Crippen molar-refractivity contribution in [3.05, 3.63) is 89.0 Å². The van der Waals surface area contributed by atoms with Gasteiger partial charge in [-0.25, -0.2) is 0 Å². The quantitative estimate of drug-likeness (QED) is 0.248. The molecule has 0 spiro atoms. The molecule has 8 heteroatoms. The minimum Gasteiger partial charge on any atom is -0.331 e. The molecule has 0 unspecified atom stereocenters. The number of nitrogens with zero attached hydrogens (tertiary/aromatic N) is 3. The van der Waals surface area contributed by atoms with Gasteiger partial charge < -0.3 is 5.32 Å². The fourth-order valence-corrected chi connectivity index (χ4v) is 3.78. The smallest absolute Gasteiger partial charge is 0.250 e. The molecule has 0 bridgehead atoms. The number of hydrogen-bond acceptors (Lipinski definition) is 4. The summed E-state index contributed by atoms with van der Waals surface area (Å²) in [4.78, 5) is 13.8. The zero-order valence-electron chi connectivity index (χ0n) is 18.7. The molecule has 0 radical (unpaired) electrons. The average Bonchev–Trinajstić information content (AvgIpc) is 3.25. The summed E-state index contributed by atoms with van der Waals surface area (Å²) in [6.07, 6.45) is 6.54. The van der Waals surface area contributed by atoms with Crippen molar-refractivity contribution < 1.29 is 4.79 Å². The van der Waals surface area contributed by atoms with Crippen LogP contribution in [0.3, 0.4) is 0 Å². The highest BCUT2D eigenvalue weighted by molar-refractivity contribution is 7.80. The van der Waals surface area contributed by atoms with Gasteiger partial charge in [-0.2, -0.15) is 4.80 Å².